The van der Waals surface area contributed by atoms with Crippen molar-refractivity contribution in [2.45, 2.75) is 25.4 Å². The third-order valence-corrected chi connectivity index (χ3v) is 2.29. The number of ether oxygens (including phenoxy) is 1. The highest BCUT2D eigenvalue weighted by Crippen LogP contribution is 2.14. The Morgan fingerprint density at radius 2 is 2.57 bits per heavy atom. The summed E-state index contributed by atoms with van der Waals surface area (Å²) in [6.07, 6.45) is 2.24. The number of carbonyl (C=O) groups excluding carboxylic acids is 1. The van der Waals surface area contributed by atoms with Crippen molar-refractivity contribution < 1.29 is 14.1 Å². The molecular formula is C9H12N2O3. The quantitative estimate of drug-likeness (QED) is 0.719. The number of nitrogens with zero attached hydrogens (tertiary/aromatic N) is 1. The summed E-state index contributed by atoms with van der Waals surface area (Å²) in [7, 11) is 0. The second kappa shape index (κ2) is 3.79. The van der Waals surface area contributed by atoms with Crippen LogP contribution in [0.4, 0.5) is 0 Å². The summed E-state index contributed by atoms with van der Waals surface area (Å²) in [5.41, 5.74) is 0.796. The van der Waals surface area contributed by atoms with Gasteiger partial charge in [0.2, 0.25) is 0 Å². The Morgan fingerprint density at radius 3 is 3.14 bits per heavy atom. The molecule has 2 rings (SSSR count). The lowest BCUT2D eigenvalue weighted by Gasteiger charge is -2.13. The maximum absolute atomic E-state index is 11.2. The van der Waals surface area contributed by atoms with E-state index in [4.69, 9.17) is 9.26 Å². The minimum absolute atomic E-state index is 0.00407. The van der Waals surface area contributed by atoms with Crippen LogP contribution >= 0.6 is 0 Å². The molecule has 5 heteroatoms. The molecule has 0 saturated carbocycles. The minimum Gasteiger partial charge on any atom is -0.464 e. The first-order chi connectivity index (χ1) is 6.77. The molecule has 0 amide bonds. The Balaban J connectivity index is 1.94. The molecule has 0 bridgehead atoms. The summed E-state index contributed by atoms with van der Waals surface area (Å²) in [6, 6.07) is 1.57. The number of nitrogens with one attached hydrogen (secondary N) is 1. The standard InChI is InChI=1S/C9H12N2O3/c1-6(7-3-5-14-11-7)10-8-2-4-13-9(8)12/h3,5-6,8,10H,2,4H2,1H3. The van der Waals surface area contributed by atoms with Gasteiger partial charge in [0, 0.05) is 12.5 Å². The molecule has 1 aromatic rings. The number of carbonyl (C=O) groups is 1. The molecule has 76 valence electrons. The van der Waals surface area contributed by atoms with Crippen molar-refractivity contribution in [1.29, 1.82) is 0 Å². The van der Waals surface area contributed by atoms with Gasteiger partial charge in [-0.05, 0) is 6.92 Å². The molecule has 1 aliphatic heterocycles. The molecule has 1 fully saturated rings. The third-order valence-electron chi connectivity index (χ3n) is 2.29. The van der Waals surface area contributed by atoms with Crippen LogP contribution in [0.3, 0.4) is 0 Å². The van der Waals surface area contributed by atoms with Crippen LogP contribution in [0.1, 0.15) is 25.1 Å². The number of hydrogen-bond donors (Lipinski definition) is 1. The Kier molecular flexibility index (Phi) is 2.49. The van der Waals surface area contributed by atoms with Crippen LogP contribution in [-0.4, -0.2) is 23.8 Å². The van der Waals surface area contributed by atoms with E-state index < -0.39 is 0 Å². The fraction of sp³-hybridized carbons (Fsp3) is 0.556. The van der Waals surface area contributed by atoms with Gasteiger partial charge in [0.15, 0.2) is 0 Å². The lowest BCUT2D eigenvalue weighted by molar-refractivity contribution is -0.139. The topological polar surface area (TPSA) is 64.4 Å². The van der Waals surface area contributed by atoms with Crippen LogP contribution in [-0.2, 0) is 9.53 Å². The molecule has 0 aromatic carbocycles. The summed E-state index contributed by atoms with van der Waals surface area (Å²) < 4.78 is 9.56. The van der Waals surface area contributed by atoms with Crippen LogP contribution < -0.4 is 5.32 Å². The van der Waals surface area contributed by atoms with Crippen molar-refractivity contribution >= 4 is 5.97 Å². The summed E-state index contributed by atoms with van der Waals surface area (Å²) >= 11 is 0. The highest BCUT2D eigenvalue weighted by Gasteiger charge is 2.28. The first-order valence-electron chi connectivity index (χ1n) is 4.60. The molecule has 1 aromatic heterocycles. The average molecular weight is 196 g/mol. The SMILES string of the molecule is CC(NC1CCOC1=O)c1ccon1. The van der Waals surface area contributed by atoms with E-state index in [1.165, 1.54) is 6.26 Å². The molecule has 14 heavy (non-hydrogen) atoms. The van der Waals surface area contributed by atoms with Crippen molar-refractivity contribution in [3.63, 3.8) is 0 Å². The number of rotatable bonds is 3. The lowest BCUT2D eigenvalue weighted by Crippen LogP contribution is -2.35. The van der Waals surface area contributed by atoms with Gasteiger partial charge in [-0.1, -0.05) is 5.16 Å². The molecule has 1 N–H and O–H groups in total. The van der Waals surface area contributed by atoms with E-state index in [-0.39, 0.29) is 18.1 Å². The Bertz CT molecular complexity index is 310. The molecule has 1 aliphatic rings. The van der Waals surface area contributed by atoms with Gasteiger partial charge in [-0.3, -0.25) is 10.1 Å². The van der Waals surface area contributed by atoms with E-state index in [9.17, 15) is 4.79 Å². The van der Waals surface area contributed by atoms with Gasteiger partial charge in [0.25, 0.3) is 0 Å². The van der Waals surface area contributed by atoms with Crippen molar-refractivity contribution in [3.8, 4) is 0 Å². The van der Waals surface area contributed by atoms with Gasteiger partial charge in [0.05, 0.1) is 12.6 Å². The van der Waals surface area contributed by atoms with Crippen LogP contribution in [0.15, 0.2) is 16.9 Å². The highest BCUT2D eigenvalue weighted by molar-refractivity contribution is 5.77. The summed E-state index contributed by atoms with van der Waals surface area (Å²) in [6.45, 7) is 2.44. The molecule has 0 spiro atoms. The zero-order valence-corrected chi connectivity index (χ0v) is 7.90. The van der Waals surface area contributed by atoms with Crippen molar-refractivity contribution in [3.05, 3.63) is 18.0 Å². The number of aromatic nitrogens is 1. The number of hydrogen-bond acceptors (Lipinski definition) is 5. The lowest BCUT2D eigenvalue weighted by atomic mass is 10.2. The normalized spacial score (nSPS) is 23.5. The zero-order valence-electron chi connectivity index (χ0n) is 7.90. The summed E-state index contributed by atoms with van der Waals surface area (Å²) in [5, 5.41) is 6.93. The molecule has 5 nitrogen and oxygen atoms in total. The van der Waals surface area contributed by atoms with Crippen molar-refractivity contribution in [2.75, 3.05) is 6.61 Å². The summed E-state index contributed by atoms with van der Waals surface area (Å²) in [5.74, 6) is -0.180. The monoisotopic (exact) mass is 196 g/mol. The van der Waals surface area contributed by atoms with Crippen LogP contribution in [0, 0.1) is 0 Å². The predicted octanol–water partition coefficient (Wildman–Crippen LogP) is 0.641. The molecule has 0 aliphatic carbocycles. The van der Waals surface area contributed by atoms with Crippen LogP contribution in [0.2, 0.25) is 0 Å². The largest absolute Gasteiger partial charge is 0.464 e. The smallest absolute Gasteiger partial charge is 0.323 e. The van der Waals surface area contributed by atoms with Gasteiger partial charge in [-0.15, -0.1) is 0 Å². The first-order valence-corrected chi connectivity index (χ1v) is 4.60. The molecule has 0 radical (unpaired) electrons. The number of esters is 1. The molecule has 2 atom stereocenters. The Labute approximate surface area is 81.4 Å². The van der Waals surface area contributed by atoms with Gasteiger partial charge in [-0.25, -0.2) is 0 Å². The van der Waals surface area contributed by atoms with Crippen molar-refractivity contribution in [1.82, 2.24) is 10.5 Å². The minimum atomic E-state index is -0.207. The zero-order chi connectivity index (χ0) is 9.97. The fourth-order valence-electron chi connectivity index (χ4n) is 1.48. The maximum Gasteiger partial charge on any atom is 0.323 e. The van der Waals surface area contributed by atoms with Gasteiger partial charge >= 0.3 is 5.97 Å². The third kappa shape index (κ3) is 1.77. The molecule has 2 unspecified atom stereocenters. The van der Waals surface area contributed by atoms with Gasteiger partial charge in [-0.2, -0.15) is 0 Å². The molecule has 1 saturated heterocycles. The average Bonchev–Trinajstić information content (AvgIpc) is 2.77. The summed E-state index contributed by atoms with van der Waals surface area (Å²) in [4.78, 5) is 11.2. The Hall–Kier alpha value is -1.36. The van der Waals surface area contributed by atoms with E-state index in [0.717, 1.165) is 12.1 Å². The predicted molar refractivity (Wildman–Crippen MR) is 47.4 cm³/mol. The molecular weight excluding hydrogens is 184 g/mol. The van der Waals surface area contributed by atoms with E-state index in [1.807, 2.05) is 6.92 Å². The van der Waals surface area contributed by atoms with Crippen LogP contribution in [0.5, 0.6) is 0 Å². The van der Waals surface area contributed by atoms with Crippen LogP contribution in [0.25, 0.3) is 0 Å². The first kappa shape index (κ1) is 9.21. The molecule has 2 heterocycles. The highest BCUT2D eigenvalue weighted by atomic mass is 16.5. The van der Waals surface area contributed by atoms with E-state index in [1.54, 1.807) is 6.07 Å². The van der Waals surface area contributed by atoms with Crippen molar-refractivity contribution in [2.24, 2.45) is 0 Å². The van der Waals surface area contributed by atoms with E-state index in [0.29, 0.717) is 6.61 Å². The van der Waals surface area contributed by atoms with Gasteiger partial charge in [0.1, 0.15) is 18.0 Å². The second-order valence-corrected chi connectivity index (χ2v) is 3.32. The number of cyclic esters (lactones) is 1. The van der Waals surface area contributed by atoms with Gasteiger partial charge < -0.3 is 9.26 Å². The Morgan fingerprint density at radius 1 is 1.71 bits per heavy atom. The second-order valence-electron chi connectivity index (χ2n) is 3.32. The van der Waals surface area contributed by atoms with E-state index in [2.05, 4.69) is 10.5 Å². The fourth-order valence-corrected chi connectivity index (χ4v) is 1.48. The van der Waals surface area contributed by atoms with E-state index >= 15 is 0 Å². The maximum atomic E-state index is 11.2.